The number of aromatic nitrogens is 3. The van der Waals surface area contributed by atoms with E-state index >= 15 is 0 Å². The van der Waals surface area contributed by atoms with Gasteiger partial charge in [0.15, 0.2) is 17.5 Å². The van der Waals surface area contributed by atoms with E-state index in [0.717, 1.165) is 73.1 Å². The Balaban J connectivity index is 1.02. The Morgan fingerprint density at radius 2 is 0.912 bits per heavy atom. The fourth-order valence-electron chi connectivity index (χ4n) is 8.47. The molecule has 3 aliphatic rings. The van der Waals surface area contributed by atoms with Gasteiger partial charge in [0.25, 0.3) is 0 Å². The molecule has 3 heterocycles. The number of allylic oxidation sites excluding steroid dienone is 2. The number of benzene rings is 7. The zero-order valence-corrected chi connectivity index (χ0v) is 30.9. The van der Waals surface area contributed by atoms with Gasteiger partial charge in [-0.05, 0) is 42.0 Å². The second-order valence-corrected chi connectivity index (χ2v) is 14.3. The molecule has 8 aromatic rings. The first kappa shape index (κ1) is 32.8. The van der Waals surface area contributed by atoms with E-state index in [4.69, 9.17) is 19.7 Å². The van der Waals surface area contributed by atoms with Crippen molar-refractivity contribution in [2.75, 3.05) is 9.80 Å². The average Bonchev–Trinajstić information content (AvgIpc) is 3.68. The maximum atomic E-state index is 7.25. The molecular weight excluding hydrogens is 699 g/mol. The van der Waals surface area contributed by atoms with E-state index < -0.39 is 0 Å². The van der Waals surface area contributed by atoms with Gasteiger partial charge in [0.05, 0.1) is 28.8 Å². The van der Waals surface area contributed by atoms with Gasteiger partial charge in [0, 0.05) is 39.1 Å². The number of fused-ring (bicyclic) bond motifs is 5. The molecule has 1 aromatic heterocycles. The number of para-hydroxylation sites is 6. The predicted octanol–water partition coefficient (Wildman–Crippen LogP) is 12.2. The number of hydrogen-bond acceptors (Lipinski definition) is 6. The van der Waals surface area contributed by atoms with Crippen molar-refractivity contribution in [3.63, 3.8) is 0 Å². The van der Waals surface area contributed by atoms with E-state index in [0.29, 0.717) is 17.5 Å². The van der Waals surface area contributed by atoms with Crippen molar-refractivity contribution in [3.05, 3.63) is 206 Å². The molecule has 2 aliphatic heterocycles. The fourth-order valence-corrected chi connectivity index (χ4v) is 8.47. The van der Waals surface area contributed by atoms with Crippen LogP contribution < -0.4 is 14.5 Å². The molecule has 2 unspecified atom stereocenters. The maximum absolute atomic E-state index is 7.25. The lowest BCUT2D eigenvalue weighted by molar-refractivity contribution is 0.259. The highest BCUT2D eigenvalue weighted by atomic mass is 16.5. The van der Waals surface area contributed by atoms with Crippen LogP contribution in [0.25, 0.3) is 50.9 Å². The third-order valence-electron chi connectivity index (χ3n) is 11.0. The summed E-state index contributed by atoms with van der Waals surface area (Å²) in [5, 5.41) is 0. The largest absolute Gasteiger partial charge is 0.482 e. The molecule has 0 fully saturated rings. The SMILES string of the molecule is C1=CC(N2c3ccccc3N(c3ccccc3)c3ccccc32)C2Oc3c(cccc3-c3ccccc3-c3nc(-c4ccccc4)nc(-c4ccccc4)n3)C2=C1. The Hall–Kier alpha value is -7.57. The standard InChI is InChI=1S/C51H35N5O/c1-4-18-34(19-5-1)49-52-50(35-20-6-2-7-21-35)54-51(53-49)41-25-11-10-24-37(41)38-26-16-27-39-40-28-17-33-46(48(40)57-47(38)39)56-44-31-14-12-29-42(44)55(36-22-8-3-9-23-36)43-30-13-15-32-45(43)56/h1-33,46,48H. The zero-order chi connectivity index (χ0) is 37.7. The predicted molar refractivity (Wildman–Crippen MR) is 230 cm³/mol. The molecule has 0 amide bonds. The van der Waals surface area contributed by atoms with E-state index in [1.165, 1.54) is 0 Å². The topological polar surface area (TPSA) is 54.4 Å². The van der Waals surface area contributed by atoms with Crippen molar-refractivity contribution in [1.29, 1.82) is 0 Å². The van der Waals surface area contributed by atoms with Crippen LogP contribution in [0.2, 0.25) is 0 Å². The quantitative estimate of drug-likeness (QED) is 0.170. The molecule has 0 spiro atoms. The molecular formula is C51H35N5O. The zero-order valence-electron chi connectivity index (χ0n) is 30.9. The summed E-state index contributed by atoms with van der Waals surface area (Å²) in [6.45, 7) is 0. The monoisotopic (exact) mass is 733 g/mol. The van der Waals surface area contributed by atoms with Gasteiger partial charge in [0.1, 0.15) is 11.9 Å². The minimum absolute atomic E-state index is 0.119. The van der Waals surface area contributed by atoms with E-state index in [-0.39, 0.29) is 12.1 Å². The molecule has 2 atom stereocenters. The Labute approximate surface area is 331 Å². The molecule has 57 heavy (non-hydrogen) atoms. The third-order valence-corrected chi connectivity index (χ3v) is 11.0. The second kappa shape index (κ2) is 13.6. The molecule has 0 N–H and O–H groups in total. The highest BCUT2D eigenvalue weighted by Crippen LogP contribution is 2.55. The first-order valence-electron chi connectivity index (χ1n) is 19.3. The van der Waals surface area contributed by atoms with Crippen molar-refractivity contribution in [1.82, 2.24) is 15.0 Å². The summed E-state index contributed by atoms with van der Waals surface area (Å²) >= 11 is 0. The lowest BCUT2D eigenvalue weighted by Gasteiger charge is -2.44. The Kier molecular flexibility index (Phi) is 7.84. The van der Waals surface area contributed by atoms with Crippen LogP contribution in [-0.4, -0.2) is 27.1 Å². The summed E-state index contributed by atoms with van der Waals surface area (Å²) in [5.41, 5.74) is 12.6. The number of ether oxygens (including phenoxy) is 1. The van der Waals surface area contributed by atoms with E-state index in [2.05, 4.69) is 143 Å². The molecule has 270 valence electrons. The van der Waals surface area contributed by atoms with Crippen molar-refractivity contribution < 1.29 is 4.74 Å². The minimum atomic E-state index is -0.255. The summed E-state index contributed by atoms with van der Waals surface area (Å²) in [6, 6.07) is 62.8. The highest BCUT2D eigenvalue weighted by Gasteiger charge is 2.43. The summed E-state index contributed by atoms with van der Waals surface area (Å²) in [5.74, 6) is 2.72. The van der Waals surface area contributed by atoms with Gasteiger partial charge >= 0.3 is 0 Å². The minimum Gasteiger partial charge on any atom is -0.482 e. The van der Waals surface area contributed by atoms with Crippen LogP contribution in [0.1, 0.15) is 5.56 Å². The summed E-state index contributed by atoms with van der Waals surface area (Å²) in [7, 11) is 0. The first-order chi connectivity index (χ1) is 28.3. The van der Waals surface area contributed by atoms with Crippen LogP contribution in [0.3, 0.4) is 0 Å². The van der Waals surface area contributed by atoms with Gasteiger partial charge in [-0.3, -0.25) is 0 Å². The van der Waals surface area contributed by atoms with Gasteiger partial charge in [0.2, 0.25) is 0 Å². The molecule has 11 rings (SSSR count). The van der Waals surface area contributed by atoms with Crippen LogP contribution in [0, 0.1) is 0 Å². The van der Waals surface area contributed by atoms with Gasteiger partial charge in [-0.1, -0.05) is 164 Å². The molecule has 0 bridgehead atoms. The molecule has 6 heteroatoms. The van der Waals surface area contributed by atoms with Gasteiger partial charge < -0.3 is 14.5 Å². The first-order valence-corrected chi connectivity index (χ1v) is 19.3. The molecule has 1 aliphatic carbocycles. The Morgan fingerprint density at radius 1 is 0.421 bits per heavy atom. The molecule has 7 aromatic carbocycles. The van der Waals surface area contributed by atoms with E-state index in [1.54, 1.807) is 0 Å². The number of anilines is 5. The van der Waals surface area contributed by atoms with Crippen LogP contribution in [0.4, 0.5) is 28.4 Å². The third kappa shape index (κ3) is 5.53. The fraction of sp³-hybridized carbons (Fsp3) is 0.0392. The second-order valence-electron chi connectivity index (χ2n) is 14.3. The van der Waals surface area contributed by atoms with Crippen molar-refractivity contribution in [2.24, 2.45) is 0 Å². The van der Waals surface area contributed by atoms with Crippen LogP contribution >= 0.6 is 0 Å². The number of rotatable bonds is 6. The lowest BCUT2D eigenvalue weighted by atomic mass is 9.89. The molecule has 0 saturated carbocycles. The van der Waals surface area contributed by atoms with Crippen LogP contribution in [-0.2, 0) is 0 Å². The van der Waals surface area contributed by atoms with Crippen LogP contribution in [0.5, 0.6) is 5.75 Å². The Morgan fingerprint density at radius 3 is 1.54 bits per heavy atom. The molecule has 6 nitrogen and oxygen atoms in total. The summed E-state index contributed by atoms with van der Waals surface area (Å²) in [4.78, 5) is 20.0. The summed E-state index contributed by atoms with van der Waals surface area (Å²) < 4.78 is 7.25. The summed E-state index contributed by atoms with van der Waals surface area (Å²) in [6.07, 6.45) is 6.42. The van der Waals surface area contributed by atoms with E-state index in [1.807, 2.05) is 66.7 Å². The van der Waals surface area contributed by atoms with Gasteiger partial charge in [-0.15, -0.1) is 0 Å². The number of nitrogens with zero attached hydrogens (tertiary/aromatic N) is 5. The van der Waals surface area contributed by atoms with Gasteiger partial charge in [-0.2, -0.15) is 0 Å². The van der Waals surface area contributed by atoms with Crippen molar-refractivity contribution in [2.45, 2.75) is 12.1 Å². The Bertz CT molecular complexity index is 2750. The molecule has 0 radical (unpaired) electrons. The van der Waals surface area contributed by atoms with Crippen LogP contribution in [0.15, 0.2) is 200 Å². The maximum Gasteiger partial charge on any atom is 0.164 e. The average molecular weight is 734 g/mol. The smallest absolute Gasteiger partial charge is 0.164 e. The number of hydrogen-bond donors (Lipinski definition) is 0. The van der Waals surface area contributed by atoms with Crippen molar-refractivity contribution in [3.8, 4) is 51.0 Å². The van der Waals surface area contributed by atoms with Gasteiger partial charge in [-0.25, -0.2) is 15.0 Å². The highest BCUT2D eigenvalue weighted by molar-refractivity contribution is 5.99. The molecule has 0 saturated heterocycles. The van der Waals surface area contributed by atoms with Crippen molar-refractivity contribution >= 4 is 34.0 Å². The van der Waals surface area contributed by atoms with E-state index in [9.17, 15) is 0 Å². The lowest BCUT2D eigenvalue weighted by Crippen LogP contribution is -2.44. The normalized spacial score (nSPS) is 16.2.